The molecule has 5 nitrogen and oxygen atoms in total. The predicted octanol–water partition coefficient (Wildman–Crippen LogP) is 5.21. The number of Topliss-reactive ketones (excluding diaryl/α,β-unsaturated/α-hetero) is 1. The molecule has 0 bridgehead atoms. The summed E-state index contributed by atoms with van der Waals surface area (Å²) in [5.41, 5.74) is -1.08. The van der Waals surface area contributed by atoms with E-state index < -0.39 is 44.9 Å². The van der Waals surface area contributed by atoms with Crippen molar-refractivity contribution in [1.29, 1.82) is 0 Å². The number of carbonyl (C=O) groups is 1. The monoisotopic (exact) mass is 481 g/mol. The molecule has 0 spiro atoms. The summed E-state index contributed by atoms with van der Waals surface area (Å²) in [5.74, 6) is -1.14. The normalized spacial score (nSPS) is 19.3. The molecule has 0 radical (unpaired) electrons. The molecule has 0 atom stereocenters. The van der Waals surface area contributed by atoms with Gasteiger partial charge in [0.15, 0.2) is 15.6 Å². The zero-order valence-corrected chi connectivity index (χ0v) is 17.1. The van der Waals surface area contributed by atoms with Crippen LogP contribution in [0.5, 0.6) is 5.75 Å². The topological polar surface area (TPSA) is 73.3 Å². The Labute approximate surface area is 179 Å². The lowest BCUT2D eigenvalue weighted by molar-refractivity contribution is -0.274. The molecule has 0 unspecified atom stereocenters. The summed E-state index contributed by atoms with van der Waals surface area (Å²) in [4.78, 5) is 15.1. The SMILES string of the molecule is O=C(CCC1CC(S(=O)(=O)c2cccc(OC(F)(F)F)c2)C1)c1ccc(C(F)(F)F)nc1. The Balaban J connectivity index is 1.53. The molecule has 0 N–H and O–H groups in total. The summed E-state index contributed by atoms with van der Waals surface area (Å²) in [6, 6.07) is 5.92. The largest absolute Gasteiger partial charge is 0.573 e. The van der Waals surface area contributed by atoms with E-state index in [9.17, 15) is 39.6 Å². The number of ether oxygens (including phenoxy) is 1. The molecule has 1 aromatic heterocycles. The highest BCUT2D eigenvalue weighted by Gasteiger charge is 2.40. The number of nitrogens with zero attached hydrogens (tertiary/aromatic N) is 1. The fraction of sp³-hybridized carbons (Fsp3) is 0.400. The Kier molecular flexibility index (Phi) is 6.55. The molecule has 0 amide bonds. The lowest BCUT2D eigenvalue weighted by atomic mass is 9.81. The fourth-order valence-corrected chi connectivity index (χ4v) is 5.40. The molecule has 1 fully saturated rings. The minimum Gasteiger partial charge on any atom is -0.406 e. The van der Waals surface area contributed by atoms with Gasteiger partial charge in [-0.1, -0.05) is 6.07 Å². The predicted molar refractivity (Wildman–Crippen MR) is 99.6 cm³/mol. The molecule has 1 heterocycles. The van der Waals surface area contributed by atoms with Gasteiger partial charge in [-0.05, 0) is 55.5 Å². The number of pyridine rings is 1. The Morgan fingerprint density at radius 1 is 1.06 bits per heavy atom. The van der Waals surface area contributed by atoms with Crippen molar-refractivity contribution >= 4 is 15.6 Å². The summed E-state index contributed by atoms with van der Waals surface area (Å²) < 4.78 is 104. The smallest absolute Gasteiger partial charge is 0.406 e. The summed E-state index contributed by atoms with van der Waals surface area (Å²) in [7, 11) is -3.87. The number of carbonyl (C=O) groups excluding carboxylic acids is 1. The average Bonchev–Trinajstić information content (AvgIpc) is 2.64. The van der Waals surface area contributed by atoms with Crippen molar-refractivity contribution in [3.8, 4) is 5.75 Å². The first kappa shape index (κ1) is 24.0. The number of ketones is 1. The van der Waals surface area contributed by atoms with Gasteiger partial charge in [0.1, 0.15) is 11.4 Å². The molecule has 0 aliphatic heterocycles. The number of alkyl halides is 6. The van der Waals surface area contributed by atoms with Gasteiger partial charge in [-0.3, -0.25) is 9.78 Å². The molecule has 174 valence electrons. The summed E-state index contributed by atoms with van der Waals surface area (Å²) in [6.45, 7) is 0. The van der Waals surface area contributed by atoms with Gasteiger partial charge in [-0.2, -0.15) is 13.2 Å². The van der Waals surface area contributed by atoms with Gasteiger partial charge >= 0.3 is 12.5 Å². The maximum atomic E-state index is 12.6. The van der Waals surface area contributed by atoms with E-state index in [4.69, 9.17) is 0 Å². The maximum absolute atomic E-state index is 12.6. The van der Waals surface area contributed by atoms with E-state index in [2.05, 4.69) is 9.72 Å². The third-order valence-corrected chi connectivity index (χ3v) is 7.33. The number of sulfone groups is 1. The number of hydrogen-bond acceptors (Lipinski definition) is 5. The van der Waals surface area contributed by atoms with Crippen LogP contribution in [-0.2, 0) is 16.0 Å². The highest BCUT2D eigenvalue weighted by Crippen LogP contribution is 2.40. The van der Waals surface area contributed by atoms with Gasteiger partial charge in [-0.25, -0.2) is 8.42 Å². The zero-order chi connectivity index (χ0) is 23.7. The van der Waals surface area contributed by atoms with E-state index >= 15 is 0 Å². The second kappa shape index (κ2) is 8.72. The van der Waals surface area contributed by atoms with E-state index in [1.54, 1.807) is 0 Å². The molecular formula is C20H17F6NO4S. The summed E-state index contributed by atoms with van der Waals surface area (Å²) in [6.07, 6.45) is -7.89. The van der Waals surface area contributed by atoms with Crippen LogP contribution in [0.2, 0.25) is 0 Å². The molecule has 1 aliphatic carbocycles. The van der Waals surface area contributed by atoms with Crippen LogP contribution in [0, 0.1) is 5.92 Å². The van der Waals surface area contributed by atoms with Crippen LogP contribution in [0.4, 0.5) is 26.3 Å². The van der Waals surface area contributed by atoms with Crippen molar-refractivity contribution in [3.63, 3.8) is 0 Å². The minimum absolute atomic E-state index is 0.0133. The van der Waals surface area contributed by atoms with Gasteiger partial charge in [-0.15, -0.1) is 13.2 Å². The van der Waals surface area contributed by atoms with E-state index in [1.807, 2.05) is 0 Å². The first-order valence-corrected chi connectivity index (χ1v) is 11.0. The van der Waals surface area contributed by atoms with E-state index in [1.165, 1.54) is 6.07 Å². The van der Waals surface area contributed by atoms with Crippen LogP contribution in [-0.4, -0.2) is 30.8 Å². The fourth-order valence-electron chi connectivity index (χ4n) is 3.41. The standard InChI is InChI=1S/C20H17F6NO4S/c21-19(22,23)18-7-5-13(11-27-18)17(28)6-4-12-8-16(9-12)32(29,30)15-3-1-2-14(10-15)31-20(24,25)26/h1-3,5,7,10-12,16H,4,6,8-9H2. The number of halogens is 6. The summed E-state index contributed by atoms with van der Waals surface area (Å²) >= 11 is 0. The van der Waals surface area contributed by atoms with Gasteiger partial charge in [0.25, 0.3) is 0 Å². The molecule has 0 saturated heterocycles. The average molecular weight is 481 g/mol. The first-order chi connectivity index (χ1) is 14.8. The van der Waals surface area contributed by atoms with Crippen LogP contribution >= 0.6 is 0 Å². The van der Waals surface area contributed by atoms with Gasteiger partial charge in [0.05, 0.1) is 10.1 Å². The van der Waals surface area contributed by atoms with E-state index in [0.717, 1.165) is 36.5 Å². The number of rotatable bonds is 7. The van der Waals surface area contributed by atoms with Crippen LogP contribution in [0.3, 0.4) is 0 Å². The maximum Gasteiger partial charge on any atom is 0.573 e. The molecule has 12 heteroatoms. The van der Waals surface area contributed by atoms with Crippen LogP contribution in [0.1, 0.15) is 41.7 Å². The summed E-state index contributed by atoms with van der Waals surface area (Å²) in [5, 5.41) is -0.795. The van der Waals surface area contributed by atoms with Gasteiger partial charge < -0.3 is 4.74 Å². The number of hydrogen-bond donors (Lipinski definition) is 0. The van der Waals surface area contributed by atoms with Crippen molar-refractivity contribution in [3.05, 3.63) is 53.9 Å². The van der Waals surface area contributed by atoms with Crippen molar-refractivity contribution < 1.29 is 44.3 Å². The minimum atomic E-state index is -4.95. The van der Waals surface area contributed by atoms with Crippen molar-refractivity contribution in [2.75, 3.05) is 0 Å². The van der Waals surface area contributed by atoms with Crippen molar-refractivity contribution in [2.45, 2.75) is 48.4 Å². The third-order valence-electron chi connectivity index (χ3n) is 5.15. The number of benzene rings is 1. The van der Waals surface area contributed by atoms with Crippen LogP contribution in [0.15, 0.2) is 47.5 Å². The van der Waals surface area contributed by atoms with Crippen molar-refractivity contribution in [2.24, 2.45) is 5.92 Å². The van der Waals surface area contributed by atoms with Gasteiger partial charge in [0.2, 0.25) is 0 Å². The van der Waals surface area contributed by atoms with Gasteiger partial charge in [0, 0.05) is 18.2 Å². The molecule has 1 aromatic carbocycles. The Bertz CT molecular complexity index is 1070. The second-order valence-corrected chi connectivity index (χ2v) is 9.65. The molecule has 2 aromatic rings. The third kappa shape index (κ3) is 5.78. The Morgan fingerprint density at radius 3 is 2.31 bits per heavy atom. The second-order valence-electron chi connectivity index (χ2n) is 7.42. The van der Waals surface area contributed by atoms with Crippen LogP contribution < -0.4 is 4.74 Å². The van der Waals surface area contributed by atoms with E-state index in [-0.39, 0.29) is 35.6 Å². The van der Waals surface area contributed by atoms with Crippen LogP contribution in [0.25, 0.3) is 0 Å². The lowest BCUT2D eigenvalue weighted by Crippen LogP contribution is -2.36. The highest BCUT2D eigenvalue weighted by atomic mass is 32.2. The Morgan fingerprint density at radius 2 is 1.75 bits per heavy atom. The van der Waals surface area contributed by atoms with E-state index in [0.29, 0.717) is 6.42 Å². The molecule has 1 aliphatic rings. The highest BCUT2D eigenvalue weighted by molar-refractivity contribution is 7.92. The number of aromatic nitrogens is 1. The Hall–Kier alpha value is -2.63. The molecule has 32 heavy (non-hydrogen) atoms. The molecule has 1 saturated carbocycles. The zero-order valence-electron chi connectivity index (χ0n) is 16.3. The molecular weight excluding hydrogens is 464 g/mol. The lowest BCUT2D eigenvalue weighted by Gasteiger charge is -2.34. The molecule has 3 rings (SSSR count). The first-order valence-electron chi connectivity index (χ1n) is 9.42. The van der Waals surface area contributed by atoms with Crippen molar-refractivity contribution in [1.82, 2.24) is 4.98 Å². The quantitative estimate of drug-likeness (QED) is 0.401.